The van der Waals surface area contributed by atoms with Crippen molar-refractivity contribution in [2.24, 2.45) is 5.73 Å². The number of nitrogens with one attached hydrogen (secondary N) is 2. The molecule has 0 aliphatic carbocycles. The van der Waals surface area contributed by atoms with Crippen LogP contribution >= 0.6 is 0 Å². The number of aryl methyl sites for hydroxylation is 2. The van der Waals surface area contributed by atoms with E-state index in [1.807, 2.05) is 26.0 Å². The molecular weight excluding hydrogens is 361 g/mol. The second-order valence-electron chi connectivity index (χ2n) is 6.37. The molecule has 0 saturated heterocycles. The van der Waals surface area contributed by atoms with Crippen LogP contribution in [0.2, 0.25) is 0 Å². The minimum absolute atomic E-state index is 0.154. The van der Waals surface area contributed by atoms with Crippen LogP contribution in [0.15, 0.2) is 24.4 Å². The lowest BCUT2D eigenvalue weighted by atomic mass is 10.1. The Kier molecular flexibility index (Phi) is 10.8. The van der Waals surface area contributed by atoms with E-state index in [2.05, 4.69) is 17.2 Å². The fraction of sp³-hybridized carbons (Fsp3) is 0.474. The van der Waals surface area contributed by atoms with Crippen LogP contribution in [0.5, 0.6) is 5.75 Å². The van der Waals surface area contributed by atoms with Gasteiger partial charge in [-0.2, -0.15) is 0 Å². The van der Waals surface area contributed by atoms with Gasteiger partial charge in [-0.1, -0.05) is 6.58 Å². The fourth-order valence-corrected chi connectivity index (χ4v) is 2.43. The first-order valence-corrected chi connectivity index (χ1v) is 9.22. The minimum atomic E-state index is -0.601. The van der Waals surface area contributed by atoms with Crippen LogP contribution in [0, 0.1) is 13.8 Å². The summed E-state index contributed by atoms with van der Waals surface area (Å²) < 4.78 is 16.0. The molecule has 1 rings (SSSR count). The summed E-state index contributed by atoms with van der Waals surface area (Å²) in [5.41, 5.74) is 8.56. The van der Waals surface area contributed by atoms with Gasteiger partial charge in [-0.25, -0.2) is 4.79 Å². The highest BCUT2D eigenvalue weighted by atomic mass is 16.6. The predicted octanol–water partition coefficient (Wildman–Crippen LogP) is 0.494. The molecule has 2 amide bonds. The maximum atomic E-state index is 12.0. The lowest BCUT2D eigenvalue weighted by Crippen LogP contribution is -2.33. The van der Waals surface area contributed by atoms with Gasteiger partial charge < -0.3 is 30.6 Å². The predicted molar refractivity (Wildman–Crippen MR) is 110 cm³/mol. The first-order chi connectivity index (χ1) is 13.3. The zero-order valence-electron chi connectivity index (χ0n) is 16.9. The largest absolute Gasteiger partial charge is 0.505 e. The summed E-state index contributed by atoms with van der Waals surface area (Å²) in [5, 5.41) is 5.27. The Morgan fingerprint density at radius 1 is 1.14 bits per heavy atom. The Morgan fingerprint density at radius 3 is 2.43 bits per heavy atom. The highest BCUT2D eigenvalue weighted by molar-refractivity contribution is 6.19. The van der Waals surface area contributed by atoms with Crippen LogP contribution in [-0.2, 0) is 20.9 Å². The van der Waals surface area contributed by atoms with Crippen LogP contribution in [-0.4, -0.2) is 52.7 Å². The normalized spacial score (nSPS) is 10.2. The Labute approximate surface area is 167 Å². The van der Waals surface area contributed by atoms with E-state index in [9.17, 15) is 9.59 Å². The summed E-state index contributed by atoms with van der Waals surface area (Å²) in [7, 11) is 1.79. The summed E-state index contributed by atoms with van der Waals surface area (Å²) in [6.07, 6.45) is -0.447. The monoisotopic (exact) mass is 391 g/mol. The fourth-order valence-electron chi connectivity index (χ4n) is 2.43. The summed E-state index contributed by atoms with van der Waals surface area (Å²) >= 11 is 0. The van der Waals surface area contributed by atoms with E-state index in [1.54, 1.807) is 7.85 Å². The molecule has 0 spiro atoms. The molecule has 0 fully saturated rings. The Balaban J connectivity index is 2.38. The molecule has 0 aliphatic rings. The molecule has 0 aromatic heterocycles. The average molecular weight is 391 g/mol. The maximum Gasteiger partial charge on any atom is 0.412 e. The Morgan fingerprint density at radius 2 is 1.82 bits per heavy atom. The van der Waals surface area contributed by atoms with Crippen molar-refractivity contribution in [1.29, 1.82) is 0 Å². The average Bonchev–Trinajstić information content (AvgIpc) is 2.63. The van der Waals surface area contributed by atoms with Gasteiger partial charge >= 0.3 is 6.09 Å². The summed E-state index contributed by atoms with van der Waals surface area (Å²) in [4.78, 5) is 23.7. The number of amides is 2. The first kappa shape index (κ1) is 23.5. The molecule has 1 aromatic carbocycles. The number of hydrogen-bond donors (Lipinski definition) is 3. The number of carbonyl (C=O) groups is 2. The highest BCUT2D eigenvalue weighted by Gasteiger charge is 2.12. The molecule has 0 saturated carbocycles. The molecule has 1 aromatic rings. The van der Waals surface area contributed by atoms with Crippen molar-refractivity contribution in [1.82, 2.24) is 10.6 Å². The molecule has 0 aliphatic heterocycles. The van der Waals surface area contributed by atoms with Crippen molar-refractivity contribution in [3.63, 3.8) is 0 Å². The van der Waals surface area contributed by atoms with Gasteiger partial charge in [0, 0.05) is 31.7 Å². The topological polar surface area (TPSA) is 112 Å². The minimum Gasteiger partial charge on any atom is -0.505 e. The molecular formula is C19H30BN3O5. The van der Waals surface area contributed by atoms with Gasteiger partial charge in [-0.3, -0.25) is 4.79 Å². The Hall–Kier alpha value is -2.52. The molecule has 0 atom stereocenters. The third kappa shape index (κ3) is 9.43. The van der Waals surface area contributed by atoms with Gasteiger partial charge in [0.2, 0.25) is 5.91 Å². The number of ether oxygens (including phenoxy) is 3. The van der Waals surface area contributed by atoms with Crippen LogP contribution in [0.3, 0.4) is 0 Å². The molecule has 9 heteroatoms. The van der Waals surface area contributed by atoms with E-state index < -0.39 is 6.09 Å². The maximum absolute atomic E-state index is 12.0. The van der Waals surface area contributed by atoms with E-state index >= 15 is 0 Å². The second kappa shape index (κ2) is 12.8. The molecule has 4 N–H and O–H groups in total. The number of nitrogens with two attached hydrogens (primary N) is 1. The first-order valence-electron chi connectivity index (χ1n) is 9.22. The van der Waals surface area contributed by atoms with Crippen LogP contribution in [0.1, 0.15) is 23.1 Å². The van der Waals surface area contributed by atoms with E-state index in [0.29, 0.717) is 44.3 Å². The number of hydrogen-bond acceptors (Lipinski definition) is 6. The van der Waals surface area contributed by atoms with E-state index in [1.165, 1.54) is 0 Å². The summed E-state index contributed by atoms with van der Waals surface area (Å²) in [6, 6.07) is 3.80. The van der Waals surface area contributed by atoms with Gasteiger partial charge in [0.1, 0.15) is 12.4 Å². The van der Waals surface area contributed by atoms with Crippen molar-refractivity contribution >= 4 is 19.8 Å². The van der Waals surface area contributed by atoms with E-state index in [-0.39, 0.29) is 18.9 Å². The third-order valence-corrected chi connectivity index (χ3v) is 3.65. The molecule has 28 heavy (non-hydrogen) atoms. The molecule has 0 unspecified atom stereocenters. The third-order valence-electron chi connectivity index (χ3n) is 3.65. The van der Waals surface area contributed by atoms with Crippen LogP contribution in [0.4, 0.5) is 4.79 Å². The smallest absolute Gasteiger partial charge is 0.412 e. The SMILES string of the molecule is BC(=C)OCc1cc(C)c(OC(=O)NCCC(=O)NCCOCCN)c(C)c1. The summed E-state index contributed by atoms with van der Waals surface area (Å²) in [5.74, 6) is 0.323. The lowest BCUT2D eigenvalue weighted by molar-refractivity contribution is -0.121. The molecule has 0 radical (unpaired) electrons. The molecule has 0 heterocycles. The number of rotatable bonds is 12. The molecule has 154 valence electrons. The Bertz CT molecular complexity index is 659. The zero-order valence-corrected chi connectivity index (χ0v) is 16.9. The number of benzene rings is 1. The van der Waals surface area contributed by atoms with Crippen molar-refractivity contribution in [2.75, 3.05) is 32.8 Å². The van der Waals surface area contributed by atoms with Crippen LogP contribution < -0.4 is 21.1 Å². The zero-order chi connectivity index (χ0) is 20.9. The second-order valence-corrected chi connectivity index (χ2v) is 6.37. The lowest BCUT2D eigenvalue weighted by Gasteiger charge is -2.14. The van der Waals surface area contributed by atoms with Crippen molar-refractivity contribution in [3.8, 4) is 5.75 Å². The van der Waals surface area contributed by atoms with Crippen LogP contribution in [0.25, 0.3) is 0 Å². The van der Waals surface area contributed by atoms with Gasteiger partial charge in [0.05, 0.1) is 13.2 Å². The van der Waals surface area contributed by atoms with Gasteiger partial charge in [0.15, 0.2) is 7.85 Å². The van der Waals surface area contributed by atoms with E-state index in [4.69, 9.17) is 19.9 Å². The molecule has 0 bridgehead atoms. The van der Waals surface area contributed by atoms with Gasteiger partial charge in [0.25, 0.3) is 0 Å². The number of carbonyl (C=O) groups excluding carboxylic acids is 2. The van der Waals surface area contributed by atoms with E-state index in [0.717, 1.165) is 16.7 Å². The van der Waals surface area contributed by atoms with Gasteiger partial charge in [-0.15, -0.1) is 0 Å². The van der Waals surface area contributed by atoms with Crippen molar-refractivity contribution in [2.45, 2.75) is 26.9 Å². The van der Waals surface area contributed by atoms with Crippen molar-refractivity contribution < 1.29 is 23.8 Å². The molecule has 8 nitrogen and oxygen atoms in total. The summed E-state index contributed by atoms with van der Waals surface area (Å²) in [6.45, 7) is 9.74. The highest BCUT2D eigenvalue weighted by Crippen LogP contribution is 2.25. The van der Waals surface area contributed by atoms with Gasteiger partial charge in [-0.05, 0) is 42.7 Å². The van der Waals surface area contributed by atoms with Crippen molar-refractivity contribution in [3.05, 3.63) is 41.1 Å². The standard InChI is InChI=1S/C19H30BN3O5/c1-13-10-16(12-27-15(3)20)11-14(2)18(13)28-19(25)23-6-4-17(24)22-7-9-26-8-5-21/h10-11H,3-9,12,20-21H2,1-2H3,(H,22,24)(H,23,25). The quantitative estimate of drug-likeness (QED) is 0.272.